The van der Waals surface area contributed by atoms with E-state index in [9.17, 15) is 23.4 Å². The molecule has 2 bridgehead atoms. The largest absolute Gasteiger partial charge is 0.461 e. The smallest absolute Gasteiger partial charge is 0.316 e. The van der Waals surface area contributed by atoms with Crippen molar-refractivity contribution in [2.24, 2.45) is 28.1 Å². The average Bonchev–Trinajstić information content (AvgIpc) is 3.01. The summed E-state index contributed by atoms with van der Waals surface area (Å²) in [6.45, 7) is 23.1. The first kappa shape index (κ1) is 39.0. The van der Waals surface area contributed by atoms with Crippen molar-refractivity contribution in [3.05, 3.63) is 42.5 Å². The lowest BCUT2D eigenvalue weighted by Gasteiger charge is -2.60. The SMILES string of the molecule is C=C[C@]1(C)C[C@@H](OC(=O)CSCCN(CC)CC)[C@@]2(C)C[C@](CC(O)C(C)OS(=O)(=O)c3ccc(C)cc3)(CCC2C)[C@@H](C)[C@@H]1O. The van der Waals surface area contributed by atoms with Crippen LogP contribution in [0, 0.1) is 35.0 Å². The van der Waals surface area contributed by atoms with Gasteiger partial charge in [0.25, 0.3) is 10.1 Å². The number of nitrogens with zero attached hydrogens (tertiary/aromatic N) is 1. The maximum atomic E-state index is 13.3. The molecule has 2 aliphatic rings. The van der Waals surface area contributed by atoms with Crippen LogP contribution in [-0.2, 0) is 23.8 Å². The first-order valence-electron chi connectivity index (χ1n) is 17.0. The minimum atomic E-state index is -4.09. The first-order chi connectivity index (χ1) is 21.5. The topological polar surface area (TPSA) is 113 Å². The van der Waals surface area contributed by atoms with Crippen molar-refractivity contribution in [2.75, 3.05) is 31.1 Å². The highest BCUT2D eigenvalue weighted by Gasteiger charge is 2.59. The van der Waals surface area contributed by atoms with Gasteiger partial charge in [-0.25, -0.2) is 0 Å². The van der Waals surface area contributed by atoms with E-state index in [1.165, 1.54) is 12.1 Å². The van der Waals surface area contributed by atoms with Crippen LogP contribution in [0.3, 0.4) is 0 Å². The summed E-state index contributed by atoms with van der Waals surface area (Å²) in [6, 6.07) is 6.43. The van der Waals surface area contributed by atoms with Gasteiger partial charge in [-0.2, -0.15) is 8.42 Å². The second-order valence-corrected chi connectivity index (χ2v) is 17.2. The quantitative estimate of drug-likeness (QED) is 0.0963. The fourth-order valence-electron chi connectivity index (χ4n) is 7.76. The number of thioether (sulfide) groups is 1. The third kappa shape index (κ3) is 8.77. The van der Waals surface area contributed by atoms with Gasteiger partial charge >= 0.3 is 5.97 Å². The summed E-state index contributed by atoms with van der Waals surface area (Å²) in [6.07, 6.45) is 1.28. The van der Waals surface area contributed by atoms with Gasteiger partial charge in [0.15, 0.2) is 0 Å². The van der Waals surface area contributed by atoms with Gasteiger partial charge in [0.05, 0.1) is 22.9 Å². The molecule has 1 aromatic carbocycles. The Morgan fingerprint density at radius 3 is 2.41 bits per heavy atom. The molecule has 3 rings (SSSR count). The number of aliphatic hydroxyl groups excluding tert-OH is 2. The summed E-state index contributed by atoms with van der Waals surface area (Å²) >= 11 is 1.58. The molecule has 0 aromatic heterocycles. The highest BCUT2D eigenvalue weighted by atomic mass is 32.2. The summed E-state index contributed by atoms with van der Waals surface area (Å²) in [5.74, 6) is 0.830. The zero-order valence-electron chi connectivity index (χ0n) is 29.3. The number of carbonyl (C=O) groups is 1. The second-order valence-electron chi connectivity index (χ2n) is 14.5. The molecule has 0 aliphatic heterocycles. The van der Waals surface area contributed by atoms with Gasteiger partial charge in [-0.15, -0.1) is 18.3 Å². The molecular formula is C36H59NO7S2. The fourth-order valence-corrected chi connectivity index (χ4v) is 9.64. The molecule has 262 valence electrons. The van der Waals surface area contributed by atoms with Crippen molar-refractivity contribution in [2.45, 2.75) is 117 Å². The van der Waals surface area contributed by atoms with Crippen molar-refractivity contribution >= 4 is 27.8 Å². The molecule has 3 unspecified atom stereocenters. The highest BCUT2D eigenvalue weighted by Crippen LogP contribution is 2.62. The first-order valence-corrected chi connectivity index (χ1v) is 19.5. The molecule has 9 atom stereocenters. The summed E-state index contributed by atoms with van der Waals surface area (Å²) in [4.78, 5) is 15.7. The van der Waals surface area contributed by atoms with Gasteiger partial charge in [0.2, 0.25) is 0 Å². The number of hydrogen-bond acceptors (Lipinski definition) is 9. The van der Waals surface area contributed by atoms with Gasteiger partial charge in [-0.1, -0.05) is 65.3 Å². The molecule has 10 heteroatoms. The van der Waals surface area contributed by atoms with Crippen LogP contribution in [0.15, 0.2) is 41.8 Å². The molecule has 2 N–H and O–H groups in total. The lowest BCUT2D eigenvalue weighted by molar-refractivity contribution is -0.191. The Labute approximate surface area is 282 Å². The van der Waals surface area contributed by atoms with Gasteiger partial charge in [0, 0.05) is 23.1 Å². The molecule has 0 saturated heterocycles. The van der Waals surface area contributed by atoms with Crippen LogP contribution in [0.5, 0.6) is 0 Å². The summed E-state index contributed by atoms with van der Waals surface area (Å²) in [5, 5.41) is 23.5. The Bertz CT molecular complexity index is 1270. The number of hydrogen-bond donors (Lipinski definition) is 2. The molecule has 1 aromatic rings. The second kappa shape index (κ2) is 15.9. The Morgan fingerprint density at radius 2 is 1.83 bits per heavy atom. The van der Waals surface area contributed by atoms with Crippen molar-refractivity contribution in [3.63, 3.8) is 0 Å². The number of carbonyl (C=O) groups excluding carboxylic acids is 1. The Kier molecular flexibility index (Phi) is 13.4. The third-order valence-electron chi connectivity index (χ3n) is 11.6. The number of rotatable bonds is 15. The van der Waals surface area contributed by atoms with Crippen molar-refractivity contribution in [1.82, 2.24) is 4.90 Å². The van der Waals surface area contributed by atoms with Crippen LogP contribution in [-0.4, -0.2) is 85.1 Å². The van der Waals surface area contributed by atoms with Crippen LogP contribution in [0.2, 0.25) is 0 Å². The lowest BCUT2D eigenvalue weighted by Crippen LogP contribution is -2.59. The Hall–Kier alpha value is -1.43. The lowest BCUT2D eigenvalue weighted by atomic mass is 9.47. The molecule has 46 heavy (non-hydrogen) atoms. The summed E-state index contributed by atoms with van der Waals surface area (Å²) < 4.78 is 38.0. The predicted octanol–water partition coefficient (Wildman–Crippen LogP) is 6.23. The van der Waals surface area contributed by atoms with E-state index in [-0.39, 0.29) is 34.9 Å². The minimum Gasteiger partial charge on any atom is -0.461 e. The van der Waals surface area contributed by atoms with Gasteiger partial charge in [0.1, 0.15) is 12.2 Å². The maximum absolute atomic E-state index is 13.3. The molecule has 2 saturated carbocycles. The van der Waals surface area contributed by atoms with E-state index < -0.39 is 50.8 Å². The zero-order valence-corrected chi connectivity index (χ0v) is 31.0. The van der Waals surface area contributed by atoms with Gasteiger partial charge in [-0.3, -0.25) is 8.98 Å². The summed E-state index contributed by atoms with van der Waals surface area (Å²) in [7, 11) is -4.09. The fraction of sp³-hybridized carbons (Fsp3) is 0.750. The number of ether oxygens (including phenoxy) is 1. The van der Waals surface area contributed by atoms with Crippen molar-refractivity contribution < 1.29 is 32.3 Å². The van der Waals surface area contributed by atoms with Crippen molar-refractivity contribution in [1.29, 1.82) is 0 Å². The standard InChI is InChI=1S/C36H59NO7S2/c1-10-34(8)22-31(43-32(39)23-45-20-19-37(11-2)12-3)35(9)24-36(18-17-26(35)5,27(6)33(34)40)21-30(38)28(7)44-46(41,42)29-15-13-25(4)14-16-29/h10,13-16,26-28,30-31,33,38,40H,1,11-12,17-24H2,2-9H3/t26?,27-,28?,30?,31+,33-,34+,35-,36+/m0/s1. The zero-order chi connectivity index (χ0) is 34.5. The maximum Gasteiger partial charge on any atom is 0.316 e. The molecular weight excluding hydrogens is 623 g/mol. The number of fused-ring (bicyclic) bond motifs is 2. The molecule has 8 nitrogen and oxygen atoms in total. The number of aryl methyl sites for hydroxylation is 1. The average molecular weight is 682 g/mol. The van der Waals surface area contributed by atoms with E-state index in [4.69, 9.17) is 8.92 Å². The van der Waals surface area contributed by atoms with Crippen molar-refractivity contribution in [3.8, 4) is 0 Å². The number of benzene rings is 1. The number of esters is 1. The van der Waals surface area contributed by atoms with Crippen LogP contribution >= 0.6 is 11.8 Å². The molecule has 0 radical (unpaired) electrons. The van der Waals surface area contributed by atoms with E-state index in [1.54, 1.807) is 36.9 Å². The molecule has 0 amide bonds. The number of aliphatic hydroxyl groups is 2. The summed E-state index contributed by atoms with van der Waals surface area (Å²) in [5.41, 5.74) is -0.802. The van der Waals surface area contributed by atoms with Crippen LogP contribution in [0.25, 0.3) is 0 Å². The van der Waals surface area contributed by atoms with Gasteiger partial charge < -0.3 is 19.8 Å². The Morgan fingerprint density at radius 1 is 1.20 bits per heavy atom. The van der Waals surface area contributed by atoms with E-state index >= 15 is 0 Å². The molecule has 2 fully saturated rings. The van der Waals surface area contributed by atoms with Gasteiger partial charge in [-0.05, 0) is 88.4 Å². The van der Waals surface area contributed by atoms with E-state index in [0.29, 0.717) is 12.8 Å². The van der Waals surface area contributed by atoms with Crippen LogP contribution < -0.4 is 0 Å². The Balaban J connectivity index is 1.86. The van der Waals surface area contributed by atoms with Crippen LogP contribution in [0.4, 0.5) is 0 Å². The van der Waals surface area contributed by atoms with E-state index in [2.05, 4.69) is 39.2 Å². The minimum absolute atomic E-state index is 0.0433. The molecule has 0 spiro atoms. The predicted molar refractivity (Wildman–Crippen MR) is 186 cm³/mol. The highest BCUT2D eigenvalue weighted by molar-refractivity contribution is 7.99. The van der Waals surface area contributed by atoms with E-state index in [1.807, 2.05) is 20.8 Å². The van der Waals surface area contributed by atoms with Crippen LogP contribution in [0.1, 0.15) is 86.1 Å². The normalized spacial score (nSPS) is 33.1. The molecule has 0 heterocycles. The molecule has 2 aliphatic carbocycles. The van der Waals surface area contributed by atoms with E-state index in [0.717, 1.165) is 43.8 Å². The third-order valence-corrected chi connectivity index (χ3v) is 13.9. The monoisotopic (exact) mass is 681 g/mol.